The number of fused-ring (bicyclic) bond motifs is 1. The number of carboxylic acids is 1. The van der Waals surface area contributed by atoms with E-state index >= 15 is 0 Å². The van der Waals surface area contributed by atoms with Crippen LogP contribution in [0.1, 0.15) is 23.4 Å². The molecule has 1 aromatic heterocycles. The van der Waals surface area contributed by atoms with E-state index in [1.165, 1.54) is 11.3 Å². The van der Waals surface area contributed by atoms with Crippen LogP contribution in [0.2, 0.25) is 10.0 Å². The Morgan fingerprint density at radius 1 is 1.15 bits per heavy atom. The number of carbonyl (C=O) groups is 2. The van der Waals surface area contributed by atoms with Gasteiger partial charge in [-0.3, -0.25) is 9.59 Å². The van der Waals surface area contributed by atoms with E-state index in [1.54, 1.807) is 11.0 Å². The standard InChI is InChI=1S/C19H16Cl2N2O3S/c1-11-4-2-3-5-13(11)23(16(24)8-9-17(25)26)10-15-22-19-14(27-15)7-6-12(20)18(19)21/h2-7H,8-10H2,1H3,(H,25,26). The summed E-state index contributed by atoms with van der Waals surface area (Å²) in [7, 11) is 0. The summed E-state index contributed by atoms with van der Waals surface area (Å²) in [5, 5.41) is 10.4. The fourth-order valence-corrected chi connectivity index (χ4v) is 4.09. The van der Waals surface area contributed by atoms with Crippen LogP contribution in [0.3, 0.4) is 0 Å². The first-order chi connectivity index (χ1) is 12.9. The van der Waals surface area contributed by atoms with Gasteiger partial charge >= 0.3 is 5.97 Å². The maximum Gasteiger partial charge on any atom is 0.303 e. The molecule has 140 valence electrons. The zero-order chi connectivity index (χ0) is 19.6. The Kier molecular flexibility index (Phi) is 5.99. The molecule has 0 aliphatic rings. The number of rotatable bonds is 6. The smallest absolute Gasteiger partial charge is 0.303 e. The molecule has 0 radical (unpaired) electrons. The third-order valence-electron chi connectivity index (χ3n) is 4.05. The lowest BCUT2D eigenvalue weighted by molar-refractivity contribution is -0.138. The van der Waals surface area contributed by atoms with E-state index in [4.69, 9.17) is 28.3 Å². The predicted molar refractivity (Wildman–Crippen MR) is 109 cm³/mol. The zero-order valence-corrected chi connectivity index (χ0v) is 16.7. The molecule has 1 amide bonds. The Hall–Kier alpha value is -2.15. The number of amides is 1. The summed E-state index contributed by atoms with van der Waals surface area (Å²) < 4.78 is 0.877. The number of hydrogen-bond donors (Lipinski definition) is 1. The minimum Gasteiger partial charge on any atom is -0.481 e. The minimum absolute atomic E-state index is 0.0822. The molecule has 3 aromatic rings. The average Bonchev–Trinajstić information content (AvgIpc) is 3.05. The largest absolute Gasteiger partial charge is 0.481 e. The monoisotopic (exact) mass is 422 g/mol. The molecule has 0 bridgehead atoms. The Labute approximate surface area is 170 Å². The van der Waals surface area contributed by atoms with Gasteiger partial charge in [0.1, 0.15) is 10.5 Å². The molecular formula is C19H16Cl2N2O3S. The molecule has 3 rings (SSSR count). The van der Waals surface area contributed by atoms with Gasteiger partial charge in [-0.15, -0.1) is 11.3 Å². The summed E-state index contributed by atoms with van der Waals surface area (Å²) >= 11 is 13.7. The number of carboxylic acid groups (broad SMARTS) is 1. The number of nitrogens with zero attached hydrogens (tertiary/aromatic N) is 2. The number of thiazole rings is 1. The first-order valence-corrected chi connectivity index (χ1v) is 9.75. The summed E-state index contributed by atoms with van der Waals surface area (Å²) in [6, 6.07) is 11.0. The van der Waals surface area contributed by atoms with Gasteiger partial charge in [-0.2, -0.15) is 0 Å². The molecule has 0 saturated carbocycles. The highest BCUT2D eigenvalue weighted by atomic mass is 35.5. The minimum atomic E-state index is -1.01. The first kappa shape index (κ1) is 19.6. The summed E-state index contributed by atoms with van der Waals surface area (Å²) in [5.41, 5.74) is 2.26. The van der Waals surface area contributed by atoms with Crippen molar-refractivity contribution in [3.63, 3.8) is 0 Å². The highest BCUT2D eigenvalue weighted by Gasteiger charge is 2.21. The van der Waals surface area contributed by atoms with Crippen molar-refractivity contribution in [1.82, 2.24) is 4.98 Å². The molecule has 0 atom stereocenters. The summed E-state index contributed by atoms with van der Waals surface area (Å²) in [5.74, 6) is -1.27. The fourth-order valence-electron chi connectivity index (χ4n) is 2.71. The highest BCUT2D eigenvalue weighted by Crippen LogP contribution is 2.34. The van der Waals surface area contributed by atoms with Crippen LogP contribution in [0.15, 0.2) is 36.4 Å². The van der Waals surface area contributed by atoms with Gasteiger partial charge in [0.2, 0.25) is 5.91 Å². The van der Waals surface area contributed by atoms with Gasteiger partial charge < -0.3 is 10.0 Å². The van der Waals surface area contributed by atoms with Crippen molar-refractivity contribution in [3.05, 3.63) is 57.0 Å². The van der Waals surface area contributed by atoms with Crippen LogP contribution in [0.5, 0.6) is 0 Å². The number of carbonyl (C=O) groups excluding carboxylic acids is 1. The van der Waals surface area contributed by atoms with Crippen LogP contribution in [0.25, 0.3) is 10.2 Å². The molecule has 0 spiro atoms. The van der Waals surface area contributed by atoms with Gasteiger partial charge in [-0.25, -0.2) is 4.98 Å². The first-order valence-electron chi connectivity index (χ1n) is 8.18. The van der Waals surface area contributed by atoms with Gasteiger partial charge in [0.25, 0.3) is 0 Å². The van der Waals surface area contributed by atoms with Crippen molar-refractivity contribution in [1.29, 1.82) is 0 Å². The molecule has 5 nitrogen and oxygen atoms in total. The number of aryl methyl sites for hydroxylation is 1. The van der Waals surface area contributed by atoms with E-state index in [9.17, 15) is 9.59 Å². The number of anilines is 1. The molecular weight excluding hydrogens is 407 g/mol. The summed E-state index contributed by atoms with van der Waals surface area (Å²) in [6.45, 7) is 2.14. The second-order valence-electron chi connectivity index (χ2n) is 5.98. The van der Waals surface area contributed by atoms with E-state index < -0.39 is 5.97 Å². The maximum atomic E-state index is 12.7. The lowest BCUT2D eigenvalue weighted by atomic mass is 10.1. The highest BCUT2D eigenvalue weighted by molar-refractivity contribution is 7.18. The van der Waals surface area contributed by atoms with Crippen molar-refractivity contribution < 1.29 is 14.7 Å². The van der Waals surface area contributed by atoms with Crippen molar-refractivity contribution >= 4 is 62.3 Å². The van der Waals surface area contributed by atoms with Crippen LogP contribution < -0.4 is 4.90 Å². The molecule has 1 N–H and O–H groups in total. The van der Waals surface area contributed by atoms with Crippen molar-refractivity contribution in [2.24, 2.45) is 0 Å². The van der Waals surface area contributed by atoms with Crippen molar-refractivity contribution in [3.8, 4) is 0 Å². The number of aliphatic carboxylic acids is 1. The van der Waals surface area contributed by atoms with Crippen LogP contribution >= 0.6 is 34.5 Å². The summed E-state index contributed by atoms with van der Waals surface area (Å²) in [4.78, 5) is 29.7. The Balaban J connectivity index is 1.96. The second-order valence-corrected chi connectivity index (χ2v) is 7.88. The molecule has 0 saturated heterocycles. The van der Waals surface area contributed by atoms with Crippen LogP contribution in [0, 0.1) is 6.92 Å². The van der Waals surface area contributed by atoms with E-state index in [0.717, 1.165) is 16.0 Å². The second kappa shape index (κ2) is 8.25. The van der Waals surface area contributed by atoms with Crippen LogP contribution in [-0.2, 0) is 16.1 Å². The van der Waals surface area contributed by atoms with E-state index in [2.05, 4.69) is 4.98 Å². The molecule has 8 heteroatoms. The molecule has 0 aliphatic carbocycles. The molecule has 0 unspecified atom stereocenters. The van der Waals surface area contributed by atoms with E-state index in [-0.39, 0.29) is 25.3 Å². The van der Waals surface area contributed by atoms with E-state index in [1.807, 2.05) is 37.3 Å². The molecule has 0 fully saturated rings. The van der Waals surface area contributed by atoms with Crippen LogP contribution in [0.4, 0.5) is 5.69 Å². The van der Waals surface area contributed by atoms with Crippen molar-refractivity contribution in [2.75, 3.05) is 4.90 Å². The van der Waals surface area contributed by atoms with E-state index in [0.29, 0.717) is 20.6 Å². The summed E-state index contributed by atoms with van der Waals surface area (Å²) in [6.07, 6.45) is -0.302. The fraction of sp³-hybridized carbons (Fsp3) is 0.211. The number of halogens is 2. The average molecular weight is 423 g/mol. The Bertz CT molecular complexity index is 1020. The topological polar surface area (TPSA) is 70.5 Å². The molecule has 0 aliphatic heterocycles. The number of benzene rings is 2. The normalized spacial score (nSPS) is 10.9. The SMILES string of the molecule is Cc1ccccc1N(Cc1nc2c(Cl)c(Cl)ccc2s1)C(=O)CCC(=O)O. The molecule has 1 heterocycles. The number of hydrogen-bond acceptors (Lipinski definition) is 4. The number of aromatic nitrogens is 1. The van der Waals surface area contributed by atoms with Gasteiger partial charge in [0.05, 0.1) is 27.7 Å². The molecule has 27 heavy (non-hydrogen) atoms. The Morgan fingerprint density at radius 2 is 1.89 bits per heavy atom. The van der Waals surface area contributed by atoms with Gasteiger partial charge in [-0.1, -0.05) is 41.4 Å². The van der Waals surface area contributed by atoms with Gasteiger partial charge in [0.15, 0.2) is 0 Å². The lowest BCUT2D eigenvalue weighted by Gasteiger charge is -2.23. The third kappa shape index (κ3) is 4.40. The van der Waals surface area contributed by atoms with Gasteiger partial charge in [0, 0.05) is 12.1 Å². The lowest BCUT2D eigenvalue weighted by Crippen LogP contribution is -2.31. The van der Waals surface area contributed by atoms with Crippen molar-refractivity contribution in [2.45, 2.75) is 26.3 Å². The van der Waals surface area contributed by atoms with Crippen LogP contribution in [-0.4, -0.2) is 22.0 Å². The number of para-hydroxylation sites is 1. The predicted octanol–water partition coefficient (Wildman–Crippen LogP) is 5.31. The van der Waals surface area contributed by atoms with Gasteiger partial charge in [-0.05, 0) is 30.7 Å². The zero-order valence-electron chi connectivity index (χ0n) is 14.4. The third-order valence-corrected chi connectivity index (χ3v) is 5.85. The quantitative estimate of drug-likeness (QED) is 0.584. The Morgan fingerprint density at radius 3 is 2.59 bits per heavy atom. The molecule has 2 aromatic carbocycles. The maximum absolute atomic E-state index is 12.7.